The van der Waals surface area contributed by atoms with Crippen LogP contribution in [0.25, 0.3) is 0 Å². The third-order valence-electron chi connectivity index (χ3n) is 5.17. The molecule has 3 rings (SSSR count). The number of nitrogens with one attached hydrogen (secondary N) is 1. The van der Waals surface area contributed by atoms with E-state index in [0.29, 0.717) is 0 Å². The molecular weight excluding hydrogens is 330 g/mol. The Balaban J connectivity index is 1.94. The maximum absolute atomic E-state index is 3.52. The van der Waals surface area contributed by atoms with Gasteiger partial charge in [0.15, 0.2) is 0 Å². The molecule has 3 aromatic rings. The molecule has 0 radical (unpaired) electrons. The third-order valence-corrected chi connectivity index (χ3v) is 5.67. The summed E-state index contributed by atoms with van der Waals surface area (Å²) >= 11 is 0. The molecule has 0 saturated heterocycles. The predicted molar refractivity (Wildman–Crippen MR) is 115 cm³/mol. The average molecular weight is 360 g/mol. The Morgan fingerprint density at radius 3 is 1.23 bits per heavy atom. The van der Waals surface area contributed by atoms with E-state index in [9.17, 15) is 0 Å². The highest BCUT2D eigenvalue weighted by molar-refractivity contribution is 6.04. The van der Waals surface area contributed by atoms with Gasteiger partial charge in [-0.2, -0.15) is 0 Å². The SMILES string of the molecule is [SiH3]NCCC(Cc1ccccc1)(Cc1ccccc1)Cc1ccccc1. The Kier molecular flexibility index (Phi) is 6.81. The van der Waals surface area contributed by atoms with Gasteiger partial charge in [0.2, 0.25) is 0 Å². The molecule has 1 nitrogen and oxygen atoms in total. The molecule has 0 unspecified atom stereocenters. The van der Waals surface area contributed by atoms with Crippen molar-refractivity contribution in [3.63, 3.8) is 0 Å². The standard InChI is InChI=1S/C24H29NSi/c26-25-17-16-24(18-21-10-4-1-5-11-21,19-22-12-6-2-7-13-22)20-23-14-8-3-9-15-23/h1-15,25H,16-20H2,26H3. The monoisotopic (exact) mass is 359 g/mol. The lowest BCUT2D eigenvalue weighted by molar-refractivity contribution is 0.256. The van der Waals surface area contributed by atoms with Gasteiger partial charge >= 0.3 is 0 Å². The number of rotatable bonds is 9. The number of hydrogen-bond donors (Lipinski definition) is 1. The van der Waals surface area contributed by atoms with Crippen molar-refractivity contribution in [2.45, 2.75) is 25.7 Å². The minimum Gasteiger partial charge on any atom is -0.345 e. The second kappa shape index (κ2) is 9.51. The van der Waals surface area contributed by atoms with Crippen molar-refractivity contribution in [3.8, 4) is 0 Å². The molecule has 0 aliphatic rings. The van der Waals surface area contributed by atoms with Crippen LogP contribution in [0.15, 0.2) is 91.0 Å². The lowest BCUT2D eigenvalue weighted by Gasteiger charge is -2.35. The molecule has 0 spiro atoms. The molecule has 3 aromatic carbocycles. The molecule has 134 valence electrons. The average Bonchev–Trinajstić information content (AvgIpc) is 2.69. The van der Waals surface area contributed by atoms with E-state index in [2.05, 4.69) is 96.0 Å². The quantitative estimate of drug-likeness (QED) is 0.570. The molecular formula is C24H29NSi. The molecule has 0 aromatic heterocycles. The summed E-state index contributed by atoms with van der Waals surface area (Å²) in [5.74, 6) is 0. The van der Waals surface area contributed by atoms with E-state index in [1.807, 2.05) is 0 Å². The molecule has 0 aliphatic carbocycles. The normalized spacial score (nSPS) is 11.5. The first-order valence-electron chi connectivity index (χ1n) is 9.56. The summed E-state index contributed by atoms with van der Waals surface area (Å²) in [5.41, 5.74) is 4.54. The van der Waals surface area contributed by atoms with E-state index in [4.69, 9.17) is 0 Å². The van der Waals surface area contributed by atoms with Gasteiger partial charge in [-0.1, -0.05) is 91.0 Å². The van der Waals surface area contributed by atoms with Gasteiger partial charge in [-0.15, -0.1) is 0 Å². The molecule has 2 heteroatoms. The molecule has 0 saturated carbocycles. The zero-order valence-corrected chi connectivity index (χ0v) is 17.7. The van der Waals surface area contributed by atoms with Crippen molar-refractivity contribution in [2.75, 3.05) is 6.54 Å². The summed E-state index contributed by atoms with van der Waals surface area (Å²) in [6.07, 6.45) is 4.53. The second-order valence-electron chi connectivity index (χ2n) is 7.34. The van der Waals surface area contributed by atoms with Crippen molar-refractivity contribution in [2.24, 2.45) is 5.41 Å². The number of benzene rings is 3. The van der Waals surface area contributed by atoms with E-state index in [0.717, 1.165) is 36.2 Å². The van der Waals surface area contributed by atoms with Crippen LogP contribution in [0.4, 0.5) is 0 Å². The van der Waals surface area contributed by atoms with Gasteiger partial charge in [0.25, 0.3) is 0 Å². The second-order valence-corrected chi connectivity index (χ2v) is 8.05. The Labute approximate surface area is 161 Å². The molecule has 1 N–H and O–H groups in total. The number of hydrogen-bond acceptors (Lipinski definition) is 1. The highest BCUT2D eigenvalue weighted by Gasteiger charge is 2.30. The van der Waals surface area contributed by atoms with E-state index >= 15 is 0 Å². The van der Waals surface area contributed by atoms with Crippen LogP contribution in [-0.4, -0.2) is 16.9 Å². The zero-order chi connectivity index (χ0) is 18.1. The largest absolute Gasteiger partial charge is 0.345 e. The smallest absolute Gasteiger partial charge is 0.0749 e. The van der Waals surface area contributed by atoms with Crippen molar-refractivity contribution in [3.05, 3.63) is 108 Å². The lowest BCUT2D eigenvalue weighted by Crippen LogP contribution is -2.33. The van der Waals surface area contributed by atoms with Gasteiger partial charge in [0.1, 0.15) is 0 Å². The van der Waals surface area contributed by atoms with Crippen molar-refractivity contribution >= 4 is 10.4 Å². The van der Waals surface area contributed by atoms with E-state index < -0.39 is 0 Å². The topological polar surface area (TPSA) is 12.0 Å². The summed E-state index contributed by atoms with van der Waals surface area (Å²) in [7, 11) is 1.05. The summed E-state index contributed by atoms with van der Waals surface area (Å²) in [4.78, 5) is 3.52. The minimum absolute atomic E-state index is 0.224. The summed E-state index contributed by atoms with van der Waals surface area (Å²) < 4.78 is 0. The molecule has 0 atom stereocenters. The fourth-order valence-corrected chi connectivity index (χ4v) is 4.18. The van der Waals surface area contributed by atoms with Crippen LogP contribution >= 0.6 is 0 Å². The first-order chi connectivity index (χ1) is 12.8. The van der Waals surface area contributed by atoms with E-state index in [1.165, 1.54) is 23.1 Å². The molecule has 0 bridgehead atoms. The molecule has 26 heavy (non-hydrogen) atoms. The first kappa shape index (κ1) is 18.6. The van der Waals surface area contributed by atoms with Crippen LogP contribution in [0.5, 0.6) is 0 Å². The Bertz CT molecular complexity index is 655. The van der Waals surface area contributed by atoms with Crippen molar-refractivity contribution < 1.29 is 0 Å². The maximum atomic E-state index is 3.52. The lowest BCUT2D eigenvalue weighted by atomic mass is 9.70. The van der Waals surface area contributed by atoms with Gasteiger partial charge in [0, 0.05) is 0 Å². The molecule has 0 heterocycles. The fraction of sp³-hybridized carbons (Fsp3) is 0.250. The summed E-state index contributed by atoms with van der Waals surface area (Å²) in [6.45, 7) is 1.10. The van der Waals surface area contributed by atoms with Crippen LogP contribution in [0.3, 0.4) is 0 Å². The van der Waals surface area contributed by atoms with Crippen LogP contribution in [0, 0.1) is 5.41 Å². The Morgan fingerprint density at radius 1 is 0.577 bits per heavy atom. The van der Waals surface area contributed by atoms with Crippen molar-refractivity contribution in [1.82, 2.24) is 4.98 Å². The van der Waals surface area contributed by atoms with Crippen LogP contribution in [0.1, 0.15) is 23.1 Å². The van der Waals surface area contributed by atoms with Gasteiger partial charge in [-0.25, -0.2) is 0 Å². The zero-order valence-electron chi connectivity index (χ0n) is 15.7. The maximum Gasteiger partial charge on any atom is 0.0749 e. The summed E-state index contributed by atoms with van der Waals surface area (Å²) in [6, 6.07) is 33.0. The van der Waals surface area contributed by atoms with E-state index in [-0.39, 0.29) is 5.41 Å². The highest BCUT2D eigenvalue weighted by Crippen LogP contribution is 2.35. The molecule has 0 fully saturated rings. The van der Waals surface area contributed by atoms with Gasteiger partial charge in [-0.05, 0) is 54.3 Å². The molecule has 0 aliphatic heterocycles. The van der Waals surface area contributed by atoms with Crippen LogP contribution in [0.2, 0.25) is 0 Å². The fourth-order valence-electron chi connectivity index (χ4n) is 3.93. The van der Waals surface area contributed by atoms with Crippen LogP contribution < -0.4 is 4.98 Å². The highest BCUT2D eigenvalue weighted by atomic mass is 28.2. The van der Waals surface area contributed by atoms with Gasteiger partial charge < -0.3 is 4.98 Å². The minimum atomic E-state index is 0.224. The predicted octanol–water partition coefficient (Wildman–Crippen LogP) is 3.96. The van der Waals surface area contributed by atoms with Crippen molar-refractivity contribution in [1.29, 1.82) is 0 Å². The van der Waals surface area contributed by atoms with Gasteiger partial charge in [0.05, 0.1) is 10.4 Å². The van der Waals surface area contributed by atoms with Crippen LogP contribution in [-0.2, 0) is 19.3 Å². The van der Waals surface area contributed by atoms with E-state index in [1.54, 1.807) is 0 Å². The third kappa shape index (κ3) is 5.42. The molecule has 0 amide bonds. The Morgan fingerprint density at radius 2 is 0.923 bits per heavy atom. The summed E-state index contributed by atoms with van der Waals surface area (Å²) in [5, 5.41) is 0. The first-order valence-corrected chi connectivity index (χ1v) is 10.6. The van der Waals surface area contributed by atoms with Gasteiger partial charge in [-0.3, -0.25) is 0 Å². The Hall–Kier alpha value is -2.16.